The van der Waals surface area contributed by atoms with Crippen LogP contribution in [0.1, 0.15) is 38.5 Å². The molecule has 0 saturated heterocycles. The van der Waals surface area contributed by atoms with Crippen LogP contribution in [0, 0.1) is 17.3 Å². The Morgan fingerprint density at radius 1 is 1.37 bits per heavy atom. The molecule has 1 aromatic rings. The highest BCUT2D eigenvalue weighted by Gasteiger charge is 2.60. The summed E-state index contributed by atoms with van der Waals surface area (Å²) in [6.07, 6.45) is 6.30. The van der Waals surface area contributed by atoms with Crippen LogP contribution < -0.4 is 5.32 Å². The number of hydrogen-bond acceptors (Lipinski definition) is 4. The lowest BCUT2D eigenvalue weighted by Gasteiger charge is -2.59. The molecule has 19 heavy (non-hydrogen) atoms. The lowest BCUT2D eigenvalue weighted by molar-refractivity contribution is -0.138. The van der Waals surface area contributed by atoms with Gasteiger partial charge < -0.3 is 5.32 Å². The Balaban J connectivity index is 1.61. The number of amides is 1. The molecule has 1 aromatic heterocycles. The Kier molecular flexibility index (Phi) is 2.49. The van der Waals surface area contributed by atoms with Crippen molar-refractivity contribution >= 4 is 34.0 Å². The van der Waals surface area contributed by atoms with Gasteiger partial charge in [-0.15, -0.1) is 21.8 Å². The number of nitrogens with zero attached hydrogens (tertiary/aromatic N) is 2. The van der Waals surface area contributed by atoms with Crippen molar-refractivity contribution in [1.29, 1.82) is 0 Å². The molecule has 0 aromatic carbocycles. The van der Waals surface area contributed by atoms with Gasteiger partial charge in [0.1, 0.15) is 5.51 Å². The summed E-state index contributed by atoms with van der Waals surface area (Å²) in [5.41, 5.74) is 1.38. The molecule has 0 spiro atoms. The zero-order valence-corrected chi connectivity index (χ0v) is 12.1. The van der Waals surface area contributed by atoms with Gasteiger partial charge in [0.25, 0.3) is 0 Å². The molecule has 4 atom stereocenters. The molecule has 5 rings (SSSR count). The molecule has 4 bridgehead atoms. The van der Waals surface area contributed by atoms with Crippen LogP contribution in [0.15, 0.2) is 5.51 Å². The molecular formula is C13H16ClN3OS. The third-order valence-corrected chi connectivity index (χ3v) is 6.10. The van der Waals surface area contributed by atoms with Gasteiger partial charge in [0.2, 0.25) is 11.0 Å². The van der Waals surface area contributed by atoms with Crippen molar-refractivity contribution < 1.29 is 4.79 Å². The third-order valence-electron chi connectivity index (χ3n) is 5.05. The van der Waals surface area contributed by atoms with E-state index in [1.54, 1.807) is 5.51 Å². The van der Waals surface area contributed by atoms with Crippen LogP contribution in [0.5, 0.6) is 0 Å². The number of halogens is 1. The summed E-state index contributed by atoms with van der Waals surface area (Å²) in [7, 11) is 0. The standard InChI is InChI=1S/C13H16ClN3OS/c14-13-4-8-1-9(5-13)3-12(2-8,6-13)10(18)16-11-17-15-7-19-11/h7-9H,1-6H2,(H,16,17,18)/t8-,9+,12?,13?. The SMILES string of the molecule is O=C(Nc1nncs1)C12C[C@@H]3C[C@@H](CC(Cl)(C3)C1)C2. The van der Waals surface area contributed by atoms with Crippen LogP contribution in [-0.4, -0.2) is 21.0 Å². The number of carbonyl (C=O) groups is 1. The molecule has 4 saturated carbocycles. The minimum atomic E-state index is -0.252. The summed E-state index contributed by atoms with van der Waals surface area (Å²) >= 11 is 8.11. The first-order valence-corrected chi connectivity index (χ1v) is 8.09. The Bertz CT molecular complexity index is 504. The van der Waals surface area contributed by atoms with Gasteiger partial charge in [-0.1, -0.05) is 11.3 Å². The largest absolute Gasteiger partial charge is 0.300 e. The third kappa shape index (κ3) is 1.89. The van der Waals surface area contributed by atoms with Crippen LogP contribution in [-0.2, 0) is 4.79 Å². The number of alkyl halides is 1. The fourth-order valence-electron chi connectivity index (χ4n) is 4.87. The summed E-state index contributed by atoms with van der Waals surface area (Å²) < 4.78 is 0. The van der Waals surface area contributed by atoms with E-state index in [1.807, 2.05) is 0 Å². The van der Waals surface area contributed by atoms with Gasteiger partial charge in [-0.3, -0.25) is 4.79 Å². The zero-order chi connectivity index (χ0) is 13.1. The number of aromatic nitrogens is 2. The summed E-state index contributed by atoms with van der Waals surface area (Å²) in [6.45, 7) is 0. The van der Waals surface area contributed by atoms with Gasteiger partial charge in [-0.25, -0.2) is 0 Å². The lowest BCUT2D eigenvalue weighted by atomic mass is 9.49. The van der Waals surface area contributed by atoms with Crippen molar-refractivity contribution in [2.75, 3.05) is 5.32 Å². The van der Waals surface area contributed by atoms with Crippen molar-refractivity contribution in [3.05, 3.63) is 5.51 Å². The summed E-state index contributed by atoms with van der Waals surface area (Å²) in [5.74, 6) is 1.39. The van der Waals surface area contributed by atoms with Gasteiger partial charge in [0, 0.05) is 4.87 Å². The first-order valence-electron chi connectivity index (χ1n) is 6.84. The first-order chi connectivity index (χ1) is 9.07. The van der Waals surface area contributed by atoms with E-state index in [0.717, 1.165) is 32.1 Å². The van der Waals surface area contributed by atoms with Crippen molar-refractivity contribution in [2.45, 2.75) is 43.4 Å². The second kappa shape index (κ2) is 3.92. The molecule has 1 amide bonds. The van der Waals surface area contributed by atoms with E-state index in [4.69, 9.17) is 11.6 Å². The second-order valence-electron chi connectivity index (χ2n) is 6.59. The zero-order valence-electron chi connectivity index (χ0n) is 10.6. The maximum atomic E-state index is 12.7. The Labute approximate surface area is 120 Å². The Morgan fingerprint density at radius 3 is 2.68 bits per heavy atom. The van der Waals surface area contributed by atoms with Crippen LogP contribution >= 0.6 is 22.9 Å². The number of hydrogen-bond donors (Lipinski definition) is 1. The molecule has 0 radical (unpaired) electrons. The predicted octanol–water partition coefficient (Wildman–Crippen LogP) is 3.05. The monoisotopic (exact) mass is 297 g/mol. The maximum Gasteiger partial charge on any atom is 0.232 e. The molecule has 4 aliphatic rings. The topological polar surface area (TPSA) is 54.9 Å². The highest BCUT2D eigenvalue weighted by molar-refractivity contribution is 7.13. The Hall–Kier alpha value is -0.680. The van der Waals surface area contributed by atoms with Crippen molar-refractivity contribution in [3.63, 3.8) is 0 Å². The maximum absolute atomic E-state index is 12.7. The molecule has 4 fully saturated rings. The van der Waals surface area contributed by atoms with E-state index in [2.05, 4.69) is 15.5 Å². The molecule has 2 unspecified atom stereocenters. The molecular weight excluding hydrogens is 282 g/mol. The number of carbonyl (C=O) groups excluding carboxylic acids is 1. The van der Waals surface area contributed by atoms with E-state index in [0.29, 0.717) is 17.0 Å². The molecule has 1 N–H and O–H groups in total. The number of nitrogens with one attached hydrogen (secondary N) is 1. The molecule has 1 heterocycles. The van der Waals surface area contributed by atoms with E-state index in [9.17, 15) is 4.79 Å². The number of anilines is 1. The molecule has 0 aliphatic heterocycles. The van der Waals surface area contributed by atoms with Crippen LogP contribution in [0.25, 0.3) is 0 Å². The van der Waals surface area contributed by atoms with Gasteiger partial charge in [-0.05, 0) is 50.4 Å². The molecule has 102 valence electrons. The van der Waals surface area contributed by atoms with Crippen LogP contribution in [0.3, 0.4) is 0 Å². The quantitative estimate of drug-likeness (QED) is 0.854. The average Bonchev–Trinajstić information content (AvgIpc) is 2.78. The molecule has 6 heteroatoms. The van der Waals surface area contributed by atoms with Crippen molar-refractivity contribution in [3.8, 4) is 0 Å². The summed E-state index contributed by atoms with van der Waals surface area (Å²) in [4.78, 5) is 12.6. The minimum Gasteiger partial charge on any atom is -0.300 e. The van der Waals surface area contributed by atoms with Gasteiger partial charge in [0.15, 0.2) is 0 Å². The molecule has 4 aliphatic carbocycles. The smallest absolute Gasteiger partial charge is 0.232 e. The lowest BCUT2D eigenvalue weighted by Crippen LogP contribution is -2.57. The van der Waals surface area contributed by atoms with Gasteiger partial charge >= 0.3 is 0 Å². The predicted molar refractivity (Wildman–Crippen MR) is 74.2 cm³/mol. The fourth-order valence-corrected chi connectivity index (χ4v) is 6.01. The summed E-state index contributed by atoms with van der Waals surface area (Å²) in [5, 5.41) is 11.2. The van der Waals surface area contributed by atoms with Crippen molar-refractivity contribution in [1.82, 2.24) is 10.2 Å². The van der Waals surface area contributed by atoms with Crippen molar-refractivity contribution in [2.24, 2.45) is 17.3 Å². The molecule has 4 nitrogen and oxygen atoms in total. The van der Waals surface area contributed by atoms with Gasteiger partial charge in [0.05, 0.1) is 5.41 Å². The van der Waals surface area contributed by atoms with Crippen LogP contribution in [0.4, 0.5) is 5.13 Å². The van der Waals surface area contributed by atoms with E-state index in [-0.39, 0.29) is 16.2 Å². The first kappa shape index (κ1) is 12.1. The average molecular weight is 298 g/mol. The second-order valence-corrected chi connectivity index (χ2v) is 8.23. The van der Waals surface area contributed by atoms with E-state index < -0.39 is 0 Å². The van der Waals surface area contributed by atoms with E-state index in [1.165, 1.54) is 17.8 Å². The van der Waals surface area contributed by atoms with Crippen LogP contribution in [0.2, 0.25) is 0 Å². The fraction of sp³-hybridized carbons (Fsp3) is 0.769. The van der Waals surface area contributed by atoms with E-state index >= 15 is 0 Å². The number of rotatable bonds is 2. The highest BCUT2D eigenvalue weighted by Crippen LogP contribution is 2.64. The Morgan fingerprint density at radius 2 is 2.11 bits per heavy atom. The minimum absolute atomic E-state index is 0.114. The van der Waals surface area contributed by atoms with Gasteiger partial charge in [-0.2, -0.15) is 0 Å². The summed E-state index contributed by atoms with van der Waals surface area (Å²) in [6, 6.07) is 0. The highest BCUT2D eigenvalue weighted by atomic mass is 35.5. The normalized spacial score (nSPS) is 43.4.